The van der Waals surface area contributed by atoms with Crippen LogP contribution in [-0.4, -0.2) is 31.9 Å². The maximum atomic E-state index is 12.0. The van der Waals surface area contributed by atoms with E-state index in [0.717, 1.165) is 11.1 Å². The van der Waals surface area contributed by atoms with E-state index in [1.54, 1.807) is 0 Å². The zero-order valence-corrected chi connectivity index (χ0v) is 12.3. The third kappa shape index (κ3) is 3.37. The Kier molecular flexibility index (Phi) is 4.45. The maximum absolute atomic E-state index is 12.0. The van der Waals surface area contributed by atoms with Gasteiger partial charge in [0.2, 0.25) is 5.91 Å². The molecule has 3 N–H and O–H groups in total. The summed E-state index contributed by atoms with van der Waals surface area (Å²) >= 11 is 0. The molecule has 0 aliphatic carbocycles. The van der Waals surface area contributed by atoms with Gasteiger partial charge in [-0.05, 0) is 25.3 Å². The van der Waals surface area contributed by atoms with Crippen LogP contribution in [0.4, 0.5) is 0 Å². The SMILES string of the molecule is Cc1ccc(C(N)C(=O)NCC2CCCS2(=O)=O)cc1. The van der Waals surface area contributed by atoms with Gasteiger partial charge in [-0.2, -0.15) is 0 Å². The predicted octanol–water partition coefficient (Wildman–Crippen LogP) is 0.688. The minimum Gasteiger partial charge on any atom is -0.353 e. The number of aryl methyl sites for hydroxylation is 1. The number of hydrogen-bond donors (Lipinski definition) is 2. The van der Waals surface area contributed by atoms with Gasteiger partial charge in [0.25, 0.3) is 0 Å². The van der Waals surface area contributed by atoms with Crippen LogP contribution in [0.5, 0.6) is 0 Å². The summed E-state index contributed by atoms with van der Waals surface area (Å²) < 4.78 is 23.3. The molecule has 0 radical (unpaired) electrons. The highest BCUT2D eigenvalue weighted by molar-refractivity contribution is 7.92. The number of sulfone groups is 1. The monoisotopic (exact) mass is 296 g/mol. The maximum Gasteiger partial charge on any atom is 0.241 e. The van der Waals surface area contributed by atoms with Crippen molar-refractivity contribution in [3.05, 3.63) is 35.4 Å². The van der Waals surface area contributed by atoms with E-state index in [2.05, 4.69) is 5.32 Å². The smallest absolute Gasteiger partial charge is 0.241 e. The highest BCUT2D eigenvalue weighted by Gasteiger charge is 2.31. The first-order chi connectivity index (χ1) is 9.40. The summed E-state index contributed by atoms with van der Waals surface area (Å²) in [7, 11) is -3.03. The van der Waals surface area contributed by atoms with Gasteiger partial charge < -0.3 is 11.1 Å². The molecule has 1 aliphatic heterocycles. The number of rotatable bonds is 4. The molecule has 1 amide bonds. The number of hydrogen-bond acceptors (Lipinski definition) is 4. The Balaban J connectivity index is 1.93. The second-order valence-corrected chi connectivity index (χ2v) is 7.67. The topological polar surface area (TPSA) is 89.3 Å². The molecule has 110 valence electrons. The van der Waals surface area contributed by atoms with E-state index in [0.29, 0.717) is 12.8 Å². The van der Waals surface area contributed by atoms with Crippen molar-refractivity contribution in [1.82, 2.24) is 5.32 Å². The molecule has 1 fully saturated rings. The van der Waals surface area contributed by atoms with Crippen LogP contribution in [0.3, 0.4) is 0 Å². The molecule has 0 aromatic heterocycles. The van der Waals surface area contributed by atoms with Crippen LogP contribution in [-0.2, 0) is 14.6 Å². The fourth-order valence-electron chi connectivity index (χ4n) is 2.34. The van der Waals surface area contributed by atoms with Gasteiger partial charge in [0.05, 0.1) is 11.0 Å². The predicted molar refractivity (Wildman–Crippen MR) is 77.9 cm³/mol. The van der Waals surface area contributed by atoms with Gasteiger partial charge in [0, 0.05) is 6.54 Å². The Morgan fingerprint density at radius 1 is 1.40 bits per heavy atom. The number of amides is 1. The fraction of sp³-hybridized carbons (Fsp3) is 0.500. The molecule has 2 atom stereocenters. The summed E-state index contributed by atoms with van der Waals surface area (Å²) in [5.41, 5.74) is 7.70. The first-order valence-electron chi connectivity index (χ1n) is 6.71. The third-order valence-corrected chi connectivity index (χ3v) is 5.96. The molecule has 5 nitrogen and oxygen atoms in total. The third-order valence-electron chi connectivity index (χ3n) is 3.69. The average molecular weight is 296 g/mol. The van der Waals surface area contributed by atoms with Gasteiger partial charge >= 0.3 is 0 Å². The molecular weight excluding hydrogens is 276 g/mol. The second-order valence-electron chi connectivity index (χ2n) is 5.26. The molecule has 0 saturated carbocycles. The summed E-state index contributed by atoms with van der Waals surface area (Å²) in [6.07, 6.45) is 1.29. The van der Waals surface area contributed by atoms with Crippen molar-refractivity contribution >= 4 is 15.7 Å². The molecule has 6 heteroatoms. The largest absolute Gasteiger partial charge is 0.353 e. The van der Waals surface area contributed by atoms with Crippen molar-refractivity contribution in [2.75, 3.05) is 12.3 Å². The van der Waals surface area contributed by atoms with Crippen LogP contribution in [0, 0.1) is 6.92 Å². The summed E-state index contributed by atoms with van der Waals surface area (Å²) in [6.45, 7) is 2.11. The lowest BCUT2D eigenvalue weighted by molar-refractivity contribution is -0.122. The summed E-state index contributed by atoms with van der Waals surface area (Å²) in [5.74, 6) is -0.117. The molecule has 0 bridgehead atoms. The minimum atomic E-state index is -3.03. The van der Waals surface area contributed by atoms with Crippen molar-refractivity contribution in [3.63, 3.8) is 0 Å². The molecule has 0 spiro atoms. The first kappa shape index (κ1) is 15.0. The van der Waals surface area contributed by atoms with Gasteiger partial charge in [-0.25, -0.2) is 8.42 Å². The van der Waals surface area contributed by atoms with Crippen LogP contribution in [0.1, 0.15) is 30.0 Å². The highest BCUT2D eigenvalue weighted by Crippen LogP contribution is 2.19. The van der Waals surface area contributed by atoms with E-state index < -0.39 is 21.1 Å². The van der Waals surface area contributed by atoms with Gasteiger partial charge in [-0.3, -0.25) is 4.79 Å². The molecule has 1 heterocycles. The second kappa shape index (κ2) is 5.93. The van der Waals surface area contributed by atoms with Crippen LogP contribution in [0.2, 0.25) is 0 Å². The standard InChI is InChI=1S/C14H20N2O3S/c1-10-4-6-11(7-5-10)13(15)14(17)16-9-12-3-2-8-20(12,18)19/h4-7,12-13H,2-3,8-9,15H2,1H3,(H,16,17). The number of nitrogens with two attached hydrogens (primary N) is 1. The zero-order chi connectivity index (χ0) is 14.8. The molecular formula is C14H20N2O3S. The number of carbonyl (C=O) groups is 1. The minimum absolute atomic E-state index is 0.154. The van der Waals surface area contributed by atoms with Gasteiger partial charge in [0.15, 0.2) is 9.84 Å². The van der Waals surface area contributed by atoms with Crippen LogP contribution < -0.4 is 11.1 Å². The van der Waals surface area contributed by atoms with E-state index in [9.17, 15) is 13.2 Å². The molecule has 1 saturated heterocycles. The summed E-state index contributed by atoms with van der Waals surface area (Å²) in [4.78, 5) is 12.0. The molecule has 2 rings (SSSR count). The van der Waals surface area contributed by atoms with Crippen molar-refractivity contribution in [3.8, 4) is 0 Å². The number of nitrogens with one attached hydrogen (secondary N) is 1. The Labute approximate surface area is 119 Å². The van der Waals surface area contributed by atoms with E-state index >= 15 is 0 Å². The molecule has 1 aliphatic rings. The Hall–Kier alpha value is -1.40. The average Bonchev–Trinajstić information content (AvgIpc) is 2.75. The van der Waals surface area contributed by atoms with E-state index in [1.165, 1.54) is 0 Å². The van der Waals surface area contributed by atoms with E-state index in [4.69, 9.17) is 5.73 Å². The zero-order valence-electron chi connectivity index (χ0n) is 11.5. The summed E-state index contributed by atoms with van der Waals surface area (Å²) in [6, 6.07) is 6.64. The Morgan fingerprint density at radius 2 is 2.05 bits per heavy atom. The molecule has 1 aromatic carbocycles. The lowest BCUT2D eigenvalue weighted by atomic mass is 10.1. The van der Waals surface area contributed by atoms with Crippen molar-refractivity contribution < 1.29 is 13.2 Å². The Bertz CT molecular complexity index is 581. The lowest BCUT2D eigenvalue weighted by Crippen LogP contribution is -2.39. The number of carbonyl (C=O) groups excluding carboxylic acids is 1. The number of benzene rings is 1. The molecule has 20 heavy (non-hydrogen) atoms. The van der Waals surface area contributed by atoms with Gasteiger partial charge in [0.1, 0.15) is 6.04 Å². The highest BCUT2D eigenvalue weighted by atomic mass is 32.2. The van der Waals surface area contributed by atoms with Gasteiger partial charge in [-0.15, -0.1) is 0 Å². The Morgan fingerprint density at radius 3 is 2.60 bits per heavy atom. The van der Waals surface area contributed by atoms with E-state index in [-0.39, 0.29) is 18.2 Å². The van der Waals surface area contributed by atoms with Crippen molar-refractivity contribution in [1.29, 1.82) is 0 Å². The van der Waals surface area contributed by atoms with Crippen molar-refractivity contribution in [2.24, 2.45) is 5.73 Å². The van der Waals surface area contributed by atoms with Crippen LogP contribution in [0.15, 0.2) is 24.3 Å². The van der Waals surface area contributed by atoms with Crippen molar-refractivity contribution in [2.45, 2.75) is 31.1 Å². The quantitative estimate of drug-likeness (QED) is 0.855. The first-order valence-corrected chi connectivity index (χ1v) is 8.43. The molecule has 1 aromatic rings. The van der Waals surface area contributed by atoms with E-state index in [1.807, 2.05) is 31.2 Å². The van der Waals surface area contributed by atoms with Gasteiger partial charge in [-0.1, -0.05) is 29.8 Å². The molecule has 2 unspecified atom stereocenters. The van der Waals surface area contributed by atoms with Crippen LogP contribution in [0.25, 0.3) is 0 Å². The fourth-order valence-corrected chi connectivity index (χ4v) is 4.10. The summed E-state index contributed by atoms with van der Waals surface area (Å²) in [5, 5.41) is 2.19. The normalized spacial score (nSPS) is 22.4. The lowest BCUT2D eigenvalue weighted by Gasteiger charge is -2.15. The van der Waals surface area contributed by atoms with Crippen LogP contribution >= 0.6 is 0 Å².